The number of hydrogen-bond acceptors (Lipinski definition) is 6. The summed E-state index contributed by atoms with van der Waals surface area (Å²) >= 11 is 0. The van der Waals surface area contributed by atoms with Gasteiger partial charge in [0, 0.05) is 11.1 Å². The third kappa shape index (κ3) is 6.93. The number of rotatable bonds is 7. The zero-order valence-corrected chi connectivity index (χ0v) is 19.2. The van der Waals surface area contributed by atoms with Gasteiger partial charge in [0.2, 0.25) is 10.0 Å². The molecule has 1 aromatic heterocycles. The van der Waals surface area contributed by atoms with Gasteiger partial charge < -0.3 is 9.15 Å². The number of hydrazine groups is 1. The summed E-state index contributed by atoms with van der Waals surface area (Å²) in [4.78, 5) is 24.6. The first-order chi connectivity index (χ1) is 15.5. The van der Waals surface area contributed by atoms with Crippen molar-refractivity contribution in [2.75, 3.05) is 0 Å². The van der Waals surface area contributed by atoms with E-state index >= 15 is 0 Å². The fourth-order valence-electron chi connectivity index (χ4n) is 2.74. The van der Waals surface area contributed by atoms with E-state index in [1.54, 1.807) is 39.0 Å². The van der Waals surface area contributed by atoms with Crippen LogP contribution < -0.4 is 20.3 Å². The highest BCUT2D eigenvalue weighted by atomic mass is 32.2. The molecule has 0 aliphatic carbocycles. The Kier molecular flexibility index (Phi) is 7.19. The van der Waals surface area contributed by atoms with Crippen molar-refractivity contribution in [2.24, 2.45) is 0 Å². The van der Waals surface area contributed by atoms with Crippen molar-refractivity contribution in [1.82, 2.24) is 15.6 Å². The summed E-state index contributed by atoms with van der Waals surface area (Å²) < 4.78 is 38.2. The molecule has 0 saturated carbocycles. The lowest BCUT2D eigenvalue weighted by Gasteiger charge is -2.20. The van der Waals surface area contributed by atoms with Gasteiger partial charge in [0.1, 0.15) is 18.1 Å². The maximum absolute atomic E-state index is 12.3. The van der Waals surface area contributed by atoms with Crippen molar-refractivity contribution in [3.63, 3.8) is 0 Å². The van der Waals surface area contributed by atoms with Gasteiger partial charge in [0.25, 0.3) is 5.91 Å². The summed E-state index contributed by atoms with van der Waals surface area (Å²) in [6.07, 6.45) is 0. The molecule has 0 atom stereocenters. The molecule has 0 bridgehead atoms. The molecule has 0 aliphatic rings. The Balaban J connectivity index is 1.53. The molecule has 2 amide bonds. The number of benzene rings is 2. The standard InChI is InChI=1S/C23H25N3O6S/c1-23(2,3)26-33(29,30)19-12-9-16(10-13-19)21(27)24-25-22(28)20-14-11-18(32-20)15-31-17-7-5-4-6-8-17/h4-14,26H,15H2,1-3H3,(H,24,27)(H,25,28). The monoisotopic (exact) mass is 471 g/mol. The molecule has 33 heavy (non-hydrogen) atoms. The van der Waals surface area contributed by atoms with Crippen molar-refractivity contribution in [2.45, 2.75) is 37.8 Å². The maximum Gasteiger partial charge on any atom is 0.305 e. The Morgan fingerprint density at radius 3 is 2.15 bits per heavy atom. The second kappa shape index (κ2) is 9.88. The van der Waals surface area contributed by atoms with E-state index < -0.39 is 27.4 Å². The fraction of sp³-hybridized carbons (Fsp3) is 0.217. The van der Waals surface area contributed by atoms with Crippen LogP contribution in [0.15, 0.2) is 76.0 Å². The smallest absolute Gasteiger partial charge is 0.305 e. The summed E-state index contributed by atoms with van der Waals surface area (Å²) in [6, 6.07) is 17.6. The van der Waals surface area contributed by atoms with Crippen molar-refractivity contribution in [1.29, 1.82) is 0 Å². The molecule has 3 N–H and O–H groups in total. The second-order valence-corrected chi connectivity index (χ2v) is 9.84. The van der Waals surface area contributed by atoms with E-state index in [1.165, 1.54) is 30.3 Å². The van der Waals surface area contributed by atoms with E-state index in [9.17, 15) is 18.0 Å². The van der Waals surface area contributed by atoms with Crippen LogP contribution in [0.1, 0.15) is 47.4 Å². The first kappa shape index (κ1) is 24.0. The highest BCUT2D eigenvalue weighted by Gasteiger charge is 2.22. The van der Waals surface area contributed by atoms with E-state index in [1.807, 2.05) is 18.2 Å². The molecule has 174 valence electrons. The minimum atomic E-state index is -3.72. The summed E-state index contributed by atoms with van der Waals surface area (Å²) in [7, 11) is -3.72. The van der Waals surface area contributed by atoms with Crippen LogP contribution >= 0.6 is 0 Å². The van der Waals surface area contributed by atoms with E-state index in [0.29, 0.717) is 11.5 Å². The largest absolute Gasteiger partial charge is 0.486 e. The SMILES string of the molecule is CC(C)(C)NS(=O)(=O)c1ccc(C(=O)NNC(=O)c2ccc(COc3ccccc3)o2)cc1. The quantitative estimate of drug-likeness (QED) is 0.455. The average molecular weight is 472 g/mol. The molecular formula is C23H25N3O6S. The molecule has 1 heterocycles. The Labute approximate surface area is 192 Å². The van der Waals surface area contributed by atoms with Crippen LogP contribution in [0.5, 0.6) is 5.75 Å². The minimum Gasteiger partial charge on any atom is -0.486 e. The fourth-order valence-corrected chi connectivity index (χ4v) is 4.16. The molecule has 9 nitrogen and oxygen atoms in total. The maximum atomic E-state index is 12.3. The van der Waals surface area contributed by atoms with Crippen LogP contribution in [-0.4, -0.2) is 25.8 Å². The number of ether oxygens (including phenoxy) is 1. The molecule has 0 saturated heterocycles. The lowest BCUT2D eigenvalue weighted by atomic mass is 10.1. The van der Waals surface area contributed by atoms with Crippen LogP contribution in [0.3, 0.4) is 0 Å². The summed E-state index contributed by atoms with van der Waals surface area (Å²) in [5.41, 5.74) is 4.05. The van der Waals surface area contributed by atoms with Gasteiger partial charge in [-0.05, 0) is 69.3 Å². The average Bonchev–Trinajstić information content (AvgIpc) is 3.24. The zero-order valence-electron chi connectivity index (χ0n) is 18.4. The van der Waals surface area contributed by atoms with Crippen LogP contribution in [0, 0.1) is 0 Å². The van der Waals surface area contributed by atoms with Gasteiger partial charge in [0.15, 0.2) is 5.76 Å². The van der Waals surface area contributed by atoms with Gasteiger partial charge in [-0.2, -0.15) is 0 Å². The number of furan rings is 1. The molecular weight excluding hydrogens is 446 g/mol. The Morgan fingerprint density at radius 1 is 0.879 bits per heavy atom. The Bertz CT molecular complexity index is 1210. The van der Waals surface area contributed by atoms with Crippen LogP contribution in [0.2, 0.25) is 0 Å². The molecule has 0 unspecified atom stereocenters. The highest BCUT2D eigenvalue weighted by Crippen LogP contribution is 2.15. The van der Waals surface area contributed by atoms with Crippen molar-refractivity contribution in [3.05, 3.63) is 83.8 Å². The normalized spacial score (nSPS) is 11.6. The summed E-state index contributed by atoms with van der Waals surface area (Å²) in [5.74, 6) is -0.161. The molecule has 3 aromatic rings. The Hall–Kier alpha value is -3.63. The van der Waals surface area contributed by atoms with Gasteiger partial charge in [-0.15, -0.1) is 0 Å². The van der Waals surface area contributed by atoms with E-state index in [-0.39, 0.29) is 22.8 Å². The minimum absolute atomic E-state index is 0.00309. The summed E-state index contributed by atoms with van der Waals surface area (Å²) in [6.45, 7) is 5.33. The van der Waals surface area contributed by atoms with E-state index in [0.717, 1.165) is 0 Å². The van der Waals surface area contributed by atoms with Gasteiger partial charge in [0.05, 0.1) is 4.90 Å². The predicted octanol–water partition coefficient (Wildman–Crippen LogP) is 3.01. The van der Waals surface area contributed by atoms with Crippen molar-refractivity contribution < 1.29 is 27.2 Å². The molecule has 0 spiro atoms. The third-order valence-electron chi connectivity index (χ3n) is 4.17. The molecule has 10 heteroatoms. The molecule has 2 aromatic carbocycles. The predicted molar refractivity (Wildman–Crippen MR) is 121 cm³/mol. The van der Waals surface area contributed by atoms with Crippen molar-refractivity contribution in [3.8, 4) is 5.75 Å². The zero-order chi connectivity index (χ0) is 24.1. The third-order valence-corrected chi connectivity index (χ3v) is 5.94. The lowest BCUT2D eigenvalue weighted by Crippen LogP contribution is -2.41. The number of carbonyl (C=O) groups is 2. The van der Waals surface area contributed by atoms with Crippen LogP contribution in [0.25, 0.3) is 0 Å². The molecule has 3 rings (SSSR count). The number of nitrogens with one attached hydrogen (secondary N) is 3. The van der Waals surface area contributed by atoms with Crippen LogP contribution in [0.4, 0.5) is 0 Å². The van der Waals surface area contributed by atoms with Gasteiger partial charge in [-0.1, -0.05) is 18.2 Å². The highest BCUT2D eigenvalue weighted by molar-refractivity contribution is 7.89. The van der Waals surface area contributed by atoms with E-state index in [4.69, 9.17) is 9.15 Å². The molecule has 0 radical (unpaired) electrons. The number of amides is 2. The van der Waals surface area contributed by atoms with Crippen molar-refractivity contribution >= 4 is 21.8 Å². The number of sulfonamides is 1. The van der Waals surface area contributed by atoms with Gasteiger partial charge in [-0.3, -0.25) is 20.4 Å². The number of hydrogen-bond donors (Lipinski definition) is 3. The number of para-hydroxylation sites is 1. The second-order valence-electron chi connectivity index (χ2n) is 8.16. The van der Waals surface area contributed by atoms with Gasteiger partial charge >= 0.3 is 5.91 Å². The Morgan fingerprint density at radius 2 is 1.52 bits per heavy atom. The lowest BCUT2D eigenvalue weighted by molar-refractivity contribution is 0.0828. The number of carbonyl (C=O) groups excluding carboxylic acids is 2. The molecule has 0 aliphatic heterocycles. The topological polar surface area (TPSA) is 127 Å². The van der Waals surface area contributed by atoms with E-state index in [2.05, 4.69) is 15.6 Å². The summed E-state index contributed by atoms with van der Waals surface area (Å²) in [5, 5.41) is 0. The van der Waals surface area contributed by atoms with Crippen LogP contribution in [-0.2, 0) is 16.6 Å². The first-order valence-corrected chi connectivity index (χ1v) is 11.5. The first-order valence-electron chi connectivity index (χ1n) is 10.0. The van der Waals surface area contributed by atoms with Gasteiger partial charge in [-0.25, -0.2) is 13.1 Å². The molecule has 0 fully saturated rings.